The molecule has 1 N–H and O–H groups in total. The van der Waals surface area contributed by atoms with E-state index in [1.165, 1.54) is 0 Å². The van der Waals surface area contributed by atoms with Gasteiger partial charge in [-0.1, -0.05) is 11.6 Å². The first-order chi connectivity index (χ1) is 9.67. The Labute approximate surface area is 121 Å². The van der Waals surface area contributed by atoms with Gasteiger partial charge in [0.15, 0.2) is 5.58 Å². The highest BCUT2D eigenvalue weighted by molar-refractivity contribution is 6.31. The number of oxazole rings is 1. The predicted molar refractivity (Wildman–Crippen MR) is 78.0 cm³/mol. The van der Waals surface area contributed by atoms with Crippen molar-refractivity contribution in [1.82, 2.24) is 10.3 Å². The van der Waals surface area contributed by atoms with Gasteiger partial charge >= 0.3 is 0 Å². The Morgan fingerprint density at radius 2 is 2.40 bits per heavy atom. The van der Waals surface area contributed by atoms with Crippen molar-refractivity contribution in [2.24, 2.45) is 5.92 Å². The van der Waals surface area contributed by atoms with Crippen LogP contribution < -0.4 is 10.2 Å². The van der Waals surface area contributed by atoms with Crippen LogP contribution in [0.4, 0.5) is 6.01 Å². The summed E-state index contributed by atoms with van der Waals surface area (Å²) >= 11 is 5.94. The molecule has 0 bridgehead atoms. The molecule has 1 unspecified atom stereocenters. The van der Waals surface area contributed by atoms with Crippen molar-refractivity contribution in [1.29, 1.82) is 0 Å². The fraction of sp³-hybridized carbons (Fsp3) is 0.429. The van der Waals surface area contributed by atoms with Crippen LogP contribution in [0.2, 0.25) is 5.02 Å². The molecule has 1 aromatic carbocycles. The summed E-state index contributed by atoms with van der Waals surface area (Å²) in [7, 11) is 1.67. The van der Waals surface area contributed by atoms with E-state index < -0.39 is 0 Å². The number of amides is 1. The van der Waals surface area contributed by atoms with Gasteiger partial charge in [-0.3, -0.25) is 4.79 Å². The first kappa shape index (κ1) is 13.2. The van der Waals surface area contributed by atoms with Crippen molar-refractivity contribution in [3.8, 4) is 0 Å². The molecule has 1 aliphatic rings. The fourth-order valence-corrected chi connectivity index (χ4v) is 2.75. The molecule has 2 heterocycles. The summed E-state index contributed by atoms with van der Waals surface area (Å²) < 4.78 is 5.75. The number of nitrogens with zero attached hydrogens (tertiary/aromatic N) is 2. The summed E-state index contributed by atoms with van der Waals surface area (Å²) in [5.74, 6) is 0.0706. The van der Waals surface area contributed by atoms with E-state index in [9.17, 15) is 4.79 Å². The minimum absolute atomic E-state index is 0.00708. The van der Waals surface area contributed by atoms with E-state index in [0.29, 0.717) is 23.2 Å². The van der Waals surface area contributed by atoms with Gasteiger partial charge in [0.1, 0.15) is 5.52 Å². The third kappa shape index (κ3) is 2.45. The number of piperidine rings is 1. The minimum atomic E-state index is -0.00708. The number of anilines is 1. The maximum absolute atomic E-state index is 11.8. The number of benzene rings is 1. The third-order valence-corrected chi connectivity index (χ3v) is 3.88. The molecular formula is C14H16ClN3O2. The smallest absolute Gasteiger partial charge is 0.298 e. The van der Waals surface area contributed by atoms with E-state index in [-0.39, 0.29) is 11.8 Å². The van der Waals surface area contributed by atoms with E-state index >= 15 is 0 Å². The van der Waals surface area contributed by atoms with E-state index in [2.05, 4.69) is 10.3 Å². The lowest BCUT2D eigenvalue weighted by Crippen LogP contribution is -2.42. The van der Waals surface area contributed by atoms with Crippen molar-refractivity contribution in [2.45, 2.75) is 12.8 Å². The van der Waals surface area contributed by atoms with Gasteiger partial charge in [0.05, 0.1) is 5.92 Å². The third-order valence-electron chi connectivity index (χ3n) is 3.65. The highest BCUT2D eigenvalue weighted by atomic mass is 35.5. The first-order valence-electron chi connectivity index (χ1n) is 6.70. The zero-order valence-corrected chi connectivity index (χ0v) is 12.0. The molecule has 1 aromatic heterocycles. The summed E-state index contributed by atoms with van der Waals surface area (Å²) in [5.41, 5.74) is 1.46. The molecule has 2 aromatic rings. The zero-order valence-electron chi connectivity index (χ0n) is 11.2. The molecule has 1 saturated heterocycles. The van der Waals surface area contributed by atoms with Crippen molar-refractivity contribution < 1.29 is 9.21 Å². The lowest BCUT2D eigenvalue weighted by molar-refractivity contribution is -0.124. The van der Waals surface area contributed by atoms with Crippen LogP contribution in [0.1, 0.15) is 12.8 Å². The van der Waals surface area contributed by atoms with E-state index in [1.54, 1.807) is 19.2 Å². The van der Waals surface area contributed by atoms with Crippen molar-refractivity contribution >= 4 is 34.6 Å². The Balaban J connectivity index is 1.84. The SMILES string of the molecule is CNC(=O)C1CCCN(c2nc3ccc(Cl)cc3o2)C1. The Hall–Kier alpha value is -1.75. The molecule has 6 heteroatoms. The first-order valence-corrected chi connectivity index (χ1v) is 7.08. The molecule has 0 radical (unpaired) electrons. The van der Waals surface area contributed by atoms with Crippen LogP contribution in [0.5, 0.6) is 0 Å². The van der Waals surface area contributed by atoms with Gasteiger partial charge in [0.2, 0.25) is 5.91 Å². The van der Waals surface area contributed by atoms with Crippen LogP contribution in [-0.2, 0) is 4.79 Å². The van der Waals surface area contributed by atoms with Crippen LogP contribution in [0.25, 0.3) is 11.1 Å². The van der Waals surface area contributed by atoms with E-state index in [4.69, 9.17) is 16.0 Å². The van der Waals surface area contributed by atoms with Gasteiger partial charge in [-0.25, -0.2) is 0 Å². The molecule has 1 atom stereocenters. The normalized spacial score (nSPS) is 19.3. The number of rotatable bonds is 2. The van der Waals surface area contributed by atoms with Crippen molar-refractivity contribution in [3.63, 3.8) is 0 Å². The van der Waals surface area contributed by atoms with Crippen LogP contribution in [0.3, 0.4) is 0 Å². The molecule has 1 aliphatic heterocycles. The molecule has 1 amide bonds. The van der Waals surface area contributed by atoms with E-state index in [0.717, 1.165) is 24.9 Å². The summed E-state index contributed by atoms with van der Waals surface area (Å²) in [4.78, 5) is 18.2. The summed E-state index contributed by atoms with van der Waals surface area (Å²) in [6.07, 6.45) is 1.86. The number of hydrogen-bond donors (Lipinski definition) is 1. The fourth-order valence-electron chi connectivity index (χ4n) is 2.59. The maximum Gasteiger partial charge on any atom is 0.298 e. The van der Waals surface area contributed by atoms with Crippen LogP contribution in [0.15, 0.2) is 22.6 Å². The summed E-state index contributed by atoms with van der Waals surface area (Å²) in [5, 5.41) is 3.33. The van der Waals surface area contributed by atoms with Crippen LogP contribution in [0, 0.1) is 5.92 Å². The second kappa shape index (κ2) is 5.32. The molecule has 3 rings (SSSR count). The van der Waals surface area contributed by atoms with Gasteiger partial charge in [-0.2, -0.15) is 4.98 Å². The standard InChI is InChI=1S/C14H16ClN3O2/c1-16-13(19)9-3-2-6-18(8-9)14-17-11-5-4-10(15)7-12(11)20-14/h4-5,7,9H,2-3,6,8H2,1H3,(H,16,19). The number of nitrogens with one attached hydrogen (secondary N) is 1. The molecule has 20 heavy (non-hydrogen) atoms. The second-order valence-corrected chi connectivity index (χ2v) is 5.44. The highest BCUT2D eigenvalue weighted by Gasteiger charge is 2.27. The van der Waals surface area contributed by atoms with Gasteiger partial charge < -0.3 is 14.6 Å². The minimum Gasteiger partial charge on any atom is -0.423 e. The van der Waals surface area contributed by atoms with Crippen molar-refractivity contribution in [3.05, 3.63) is 23.2 Å². The second-order valence-electron chi connectivity index (χ2n) is 5.01. The molecular weight excluding hydrogens is 278 g/mol. The molecule has 0 aliphatic carbocycles. The zero-order chi connectivity index (χ0) is 14.1. The monoisotopic (exact) mass is 293 g/mol. The Morgan fingerprint density at radius 3 is 3.20 bits per heavy atom. The highest BCUT2D eigenvalue weighted by Crippen LogP contribution is 2.27. The number of halogens is 1. The number of carbonyl (C=O) groups excluding carboxylic acids is 1. The maximum atomic E-state index is 11.8. The summed E-state index contributed by atoms with van der Waals surface area (Å²) in [6.45, 7) is 1.49. The quantitative estimate of drug-likeness (QED) is 0.924. The molecule has 0 spiro atoms. The Morgan fingerprint density at radius 1 is 1.55 bits per heavy atom. The topological polar surface area (TPSA) is 58.4 Å². The number of fused-ring (bicyclic) bond motifs is 1. The average molecular weight is 294 g/mol. The molecule has 106 valence electrons. The predicted octanol–water partition coefficient (Wildman–Crippen LogP) is 2.44. The molecule has 0 saturated carbocycles. The van der Waals surface area contributed by atoms with Gasteiger partial charge in [-0.05, 0) is 25.0 Å². The van der Waals surface area contributed by atoms with E-state index in [1.807, 2.05) is 11.0 Å². The number of carbonyl (C=O) groups is 1. The lowest BCUT2D eigenvalue weighted by atomic mass is 9.97. The van der Waals surface area contributed by atoms with Gasteiger partial charge in [-0.15, -0.1) is 0 Å². The average Bonchev–Trinajstić information content (AvgIpc) is 2.89. The Kier molecular flexibility index (Phi) is 3.53. The van der Waals surface area contributed by atoms with Crippen molar-refractivity contribution in [2.75, 3.05) is 25.0 Å². The number of aromatic nitrogens is 1. The van der Waals surface area contributed by atoms with Gasteiger partial charge in [0, 0.05) is 31.2 Å². The molecule has 5 nitrogen and oxygen atoms in total. The van der Waals surface area contributed by atoms with Crippen LogP contribution in [-0.4, -0.2) is 31.0 Å². The summed E-state index contributed by atoms with van der Waals surface area (Å²) in [6, 6.07) is 5.95. The Bertz CT molecular complexity index is 640. The largest absolute Gasteiger partial charge is 0.423 e. The molecule has 1 fully saturated rings. The van der Waals surface area contributed by atoms with Crippen LogP contribution >= 0.6 is 11.6 Å². The lowest BCUT2D eigenvalue weighted by Gasteiger charge is -2.30. The number of hydrogen-bond acceptors (Lipinski definition) is 4. The van der Waals surface area contributed by atoms with Gasteiger partial charge in [0.25, 0.3) is 6.01 Å².